The molecule has 206 valence electrons. The number of carbonyl (C=O) groups is 2. The average molecular weight is 549 g/mol. The minimum atomic E-state index is -4.03. The summed E-state index contributed by atoms with van der Waals surface area (Å²) in [4.78, 5) is 38.9. The van der Waals surface area contributed by atoms with Crippen molar-refractivity contribution in [3.8, 4) is 0 Å². The van der Waals surface area contributed by atoms with E-state index in [9.17, 15) is 32.5 Å². The number of hydrogen-bond acceptors (Lipinski definition) is 6. The summed E-state index contributed by atoms with van der Waals surface area (Å²) < 4.78 is 39.6. The van der Waals surface area contributed by atoms with Crippen molar-refractivity contribution < 1.29 is 27.3 Å². The number of halogens is 1. The van der Waals surface area contributed by atoms with Crippen LogP contribution in [0.15, 0.2) is 48.5 Å². The van der Waals surface area contributed by atoms with Gasteiger partial charge in [0.15, 0.2) is 0 Å². The molecule has 0 saturated heterocycles. The van der Waals surface area contributed by atoms with E-state index < -0.39 is 39.3 Å². The van der Waals surface area contributed by atoms with E-state index in [1.165, 1.54) is 47.4 Å². The summed E-state index contributed by atoms with van der Waals surface area (Å²) in [6, 6.07) is 9.57. The largest absolute Gasteiger partial charge is 0.352 e. The molecule has 0 radical (unpaired) electrons. The summed E-state index contributed by atoms with van der Waals surface area (Å²) in [5.74, 6) is -1.46. The lowest BCUT2D eigenvalue weighted by Gasteiger charge is -2.34. The molecule has 1 fully saturated rings. The van der Waals surface area contributed by atoms with E-state index in [1.54, 1.807) is 6.92 Å². The first-order chi connectivity index (χ1) is 18.0. The average Bonchev–Trinajstić information content (AvgIpc) is 2.88. The number of nitrogens with zero attached hydrogens (tertiary/aromatic N) is 3. The summed E-state index contributed by atoms with van der Waals surface area (Å²) in [6.45, 7) is 1.03. The van der Waals surface area contributed by atoms with E-state index >= 15 is 0 Å². The van der Waals surface area contributed by atoms with Crippen molar-refractivity contribution in [1.29, 1.82) is 0 Å². The standard InChI is InChI=1S/C26H33FN4O6S/c1-3-24(26(33)28-21-8-5-4-6-9-21)29(17-19-12-14-20(27)15-13-19)25(32)18-30(38(2,36)37)22-10-7-11-23(16-22)31(34)35/h7,10-16,21,24H,3-6,8-9,17-18H2,1-2H3,(H,28,33)/t24-/m1/s1. The number of nitro groups is 1. The molecule has 12 heteroatoms. The third-order valence-electron chi connectivity index (χ3n) is 6.61. The highest BCUT2D eigenvalue weighted by molar-refractivity contribution is 7.92. The van der Waals surface area contributed by atoms with Gasteiger partial charge < -0.3 is 10.2 Å². The van der Waals surface area contributed by atoms with Crippen LogP contribution in [-0.4, -0.2) is 54.9 Å². The van der Waals surface area contributed by atoms with Gasteiger partial charge in [-0.2, -0.15) is 0 Å². The van der Waals surface area contributed by atoms with Crippen molar-refractivity contribution in [3.05, 3.63) is 70.0 Å². The molecule has 3 rings (SSSR count). The molecule has 2 aromatic rings. The van der Waals surface area contributed by atoms with Gasteiger partial charge in [-0.1, -0.05) is 44.4 Å². The van der Waals surface area contributed by atoms with Crippen molar-refractivity contribution in [2.75, 3.05) is 17.1 Å². The molecule has 1 aliphatic carbocycles. The normalized spacial score (nSPS) is 14.9. The van der Waals surface area contributed by atoms with Crippen LogP contribution < -0.4 is 9.62 Å². The molecule has 1 atom stereocenters. The van der Waals surface area contributed by atoms with Crippen molar-refractivity contribution in [3.63, 3.8) is 0 Å². The molecule has 0 spiro atoms. The smallest absolute Gasteiger partial charge is 0.271 e. The summed E-state index contributed by atoms with van der Waals surface area (Å²) in [5.41, 5.74) is 0.187. The Balaban J connectivity index is 1.93. The number of anilines is 1. The molecule has 0 bridgehead atoms. The Morgan fingerprint density at radius 3 is 2.37 bits per heavy atom. The van der Waals surface area contributed by atoms with E-state index in [0.29, 0.717) is 5.56 Å². The fraction of sp³-hybridized carbons (Fsp3) is 0.462. The quantitative estimate of drug-likeness (QED) is 0.336. The number of rotatable bonds is 11. The Hall–Kier alpha value is -3.54. The van der Waals surface area contributed by atoms with Crippen LogP contribution in [-0.2, 0) is 26.2 Å². The molecule has 1 N–H and O–H groups in total. The number of non-ortho nitro benzene ring substituents is 1. The van der Waals surface area contributed by atoms with Crippen LogP contribution in [0.1, 0.15) is 51.0 Å². The van der Waals surface area contributed by atoms with Gasteiger partial charge in [-0.15, -0.1) is 0 Å². The molecule has 10 nitrogen and oxygen atoms in total. The highest BCUT2D eigenvalue weighted by Crippen LogP contribution is 2.24. The number of sulfonamides is 1. The van der Waals surface area contributed by atoms with Crippen molar-refractivity contribution in [2.45, 2.75) is 64.1 Å². The number of nitro benzene ring substituents is 1. The second-order valence-electron chi connectivity index (χ2n) is 9.46. The van der Waals surface area contributed by atoms with Crippen LogP contribution >= 0.6 is 0 Å². The van der Waals surface area contributed by atoms with Gasteiger partial charge in [-0.3, -0.25) is 24.0 Å². The van der Waals surface area contributed by atoms with Crippen LogP contribution in [0.4, 0.5) is 15.8 Å². The number of nitrogens with one attached hydrogen (secondary N) is 1. The van der Waals surface area contributed by atoms with Crippen LogP contribution in [0.2, 0.25) is 0 Å². The molecule has 0 unspecified atom stereocenters. The maximum Gasteiger partial charge on any atom is 0.271 e. The van der Waals surface area contributed by atoms with Gasteiger partial charge in [0.2, 0.25) is 21.8 Å². The zero-order chi connectivity index (χ0) is 27.9. The van der Waals surface area contributed by atoms with Gasteiger partial charge in [-0.05, 0) is 43.0 Å². The Bertz CT molecular complexity index is 1250. The van der Waals surface area contributed by atoms with Crippen LogP contribution in [0, 0.1) is 15.9 Å². The fourth-order valence-corrected chi connectivity index (χ4v) is 5.47. The summed E-state index contributed by atoms with van der Waals surface area (Å²) in [7, 11) is -4.03. The highest BCUT2D eigenvalue weighted by atomic mass is 32.2. The molecule has 0 aromatic heterocycles. The predicted molar refractivity (Wildman–Crippen MR) is 141 cm³/mol. The van der Waals surface area contributed by atoms with E-state index in [4.69, 9.17) is 0 Å². The van der Waals surface area contributed by atoms with Gasteiger partial charge in [0.05, 0.1) is 16.9 Å². The van der Waals surface area contributed by atoms with E-state index in [2.05, 4.69) is 5.32 Å². The second-order valence-corrected chi connectivity index (χ2v) is 11.4. The predicted octanol–water partition coefficient (Wildman–Crippen LogP) is 3.76. The number of hydrogen-bond donors (Lipinski definition) is 1. The maximum atomic E-state index is 13.7. The zero-order valence-corrected chi connectivity index (χ0v) is 22.3. The van der Waals surface area contributed by atoms with Crippen LogP contribution in [0.3, 0.4) is 0 Å². The lowest BCUT2D eigenvalue weighted by Crippen LogP contribution is -2.53. The highest BCUT2D eigenvalue weighted by Gasteiger charge is 2.33. The monoisotopic (exact) mass is 548 g/mol. The van der Waals surface area contributed by atoms with Crippen molar-refractivity contribution >= 4 is 33.2 Å². The van der Waals surface area contributed by atoms with Crippen LogP contribution in [0.5, 0.6) is 0 Å². The fourth-order valence-electron chi connectivity index (χ4n) is 4.63. The van der Waals surface area contributed by atoms with Gasteiger partial charge in [0, 0.05) is 24.7 Å². The number of benzene rings is 2. The summed E-state index contributed by atoms with van der Waals surface area (Å²) in [6.07, 6.45) is 5.99. The number of amides is 2. The van der Waals surface area contributed by atoms with Crippen molar-refractivity contribution in [2.24, 2.45) is 0 Å². The molecule has 1 saturated carbocycles. The van der Waals surface area contributed by atoms with E-state index in [-0.39, 0.29) is 36.3 Å². The molecule has 38 heavy (non-hydrogen) atoms. The molecule has 2 amide bonds. The molecular formula is C26H33FN4O6S. The molecule has 0 heterocycles. The Morgan fingerprint density at radius 2 is 1.79 bits per heavy atom. The topological polar surface area (TPSA) is 130 Å². The SMILES string of the molecule is CC[C@H](C(=O)NC1CCCCC1)N(Cc1ccc(F)cc1)C(=O)CN(c1cccc([N+](=O)[O-])c1)S(C)(=O)=O. The zero-order valence-electron chi connectivity index (χ0n) is 21.5. The lowest BCUT2D eigenvalue weighted by atomic mass is 9.95. The summed E-state index contributed by atoms with van der Waals surface area (Å²) >= 11 is 0. The minimum absolute atomic E-state index is 0.00505. The Kier molecular flexibility index (Phi) is 9.78. The van der Waals surface area contributed by atoms with E-state index in [1.807, 2.05) is 0 Å². The lowest BCUT2D eigenvalue weighted by molar-refractivity contribution is -0.384. The van der Waals surface area contributed by atoms with Gasteiger partial charge in [0.1, 0.15) is 18.4 Å². The molecule has 0 aliphatic heterocycles. The third kappa shape index (κ3) is 7.73. The first-order valence-electron chi connectivity index (χ1n) is 12.6. The number of carbonyl (C=O) groups excluding carboxylic acids is 2. The van der Waals surface area contributed by atoms with Gasteiger partial charge in [-0.25, -0.2) is 12.8 Å². The molecule has 2 aromatic carbocycles. The van der Waals surface area contributed by atoms with Crippen LogP contribution in [0.25, 0.3) is 0 Å². The minimum Gasteiger partial charge on any atom is -0.352 e. The van der Waals surface area contributed by atoms with Gasteiger partial charge in [0.25, 0.3) is 5.69 Å². The first-order valence-corrected chi connectivity index (χ1v) is 14.4. The second kappa shape index (κ2) is 12.8. The first kappa shape index (κ1) is 29.0. The van der Waals surface area contributed by atoms with Gasteiger partial charge >= 0.3 is 0 Å². The van der Waals surface area contributed by atoms with Crippen molar-refractivity contribution in [1.82, 2.24) is 10.2 Å². The Morgan fingerprint density at radius 1 is 1.13 bits per heavy atom. The summed E-state index contributed by atoms with van der Waals surface area (Å²) in [5, 5.41) is 14.3. The third-order valence-corrected chi connectivity index (χ3v) is 7.75. The van der Waals surface area contributed by atoms with E-state index in [0.717, 1.165) is 48.7 Å². The molecular weight excluding hydrogens is 515 g/mol. The Labute approximate surface area is 222 Å². The molecule has 1 aliphatic rings. The maximum absolute atomic E-state index is 13.7.